The summed E-state index contributed by atoms with van der Waals surface area (Å²) in [6.07, 6.45) is 1.67. The van der Waals surface area contributed by atoms with Crippen LogP contribution in [0.1, 0.15) is 35.0 Å². The number of amides is 1. The Balaban J connectivity index is 1.81. The third-order valence-corrected chi connectivity index (χ3v) is 5.66. The molecule has 0 fully saturated rings. The number of hydrogen-bond donors (Lipinski definition) is 0. The molecule has 4 nitrogen and oxygen atoms in total. The van der Waals surface area contributed by atoms with E-state index in [2.05, 4.69) is 6.92 Å². The second kappa shape index (κ2) is 9.84. The van der Waals surface area contributed by atoms with Gasteiger partial charge in [-0.2, -0.15) is 5.10 Å². The lowest BCUT2D eigenvalue weighted by Gasteiger charge is -2.19. The van der Waals surface area contributed by atoms with E-state index in [0.717, 1.165) is 35.3 Å². The highest BCUT2D eigenvalue weighted by atomic mass is 35.5. The predicted octanol–water partition coefficient (Wildman–Crippen LogP) is 6.42. The maximum absolute atomic E-state index is 13.8. The van der Waals surface area contributed by atoms with Gasteiger partial charge >= 0.3 is 0 Å². The van der Waals surface area contributed by atoms with E-state index < -0.39 is 0 Å². The van der Waals surface area contributed by atoms with Gasteiger partial charge in [0.15, 0.2) is 0 Å². The van der Waals surface area contributed by atoms with Crippen molar-refractivity contribution in [2.75, 3.05) is 7.05 Å². The summed E-state index contributed by atoms with van der Waals surface area (Å²) in [5.41, 5.74) is 5.23. The molecule has 0 aliphatic heterocycles. The number of hydrogen-bond acceptors (Lipinski definition) is 2. The van der Waals surface area contributed by atoms with Crippen molar-refractivity contribution in [3.8, 4) is 16.9 Å². The fourth-order valence-corrected chi connectivity index (χ4v) is 3.98. The van der Waals surface area contributed by atoms with Crippen LogP contribution in [-0.4, -0.2) is 27.6 Å². The summed E-state index contributed by atoms with van der Waals surface area (Å²) < 4.78 is 1.93. The van der Waals surface area contributed by atoms with Gasteiger partial charge in [0.2, 0.25) is 0 Å². The predicted molar refractivity (Wildman–Crippen MR) is 130 cm³/mol. The van der Waals surface area contributed by atoms with Crippen LogP contribution in [0.2, 0.25) is 5.02 Å². The Morgan fingerprint density at radius 1 is 0.938 bits per heavy atom. The highest BCUT2D eigenvalue weighted by Gasteiger charge is 2.27. The molecule has 0 saturated carbocycles. The molecule has 1 aromatic heterocycles. The number of carbonyl (C=O) groups excluding carboxylic acids is 1. The standard InChI is InChI=1S/C27H26ClN3O/c1-3-10-24-25(27(32)30(2)19-20-15-17-22(28)18-16-20)26(21-11-6-4-7-12-21)29-31(24)23-13-8-5-9-14-23/h4-9,11-18H,3,10,19H2,1-2H3. The molecule has 5 heteroatoms. The lowest BCUT2D eigenvalue weighted by Crippen LogP contribution is -2.27. The summed E-state index contributed by atoms with van der Waals surface area (Å²) in [5, 5.41) is 5.63. The van der Waals surface area contributed by atoms with E-state index in [9.17, 15) is 4.79 Å². The van der Waals surface area contributed by atoms with Crippen molar-refractivity contribution in [2.24, 2.45) is 0 Å². The van der Waals surface area contributed by atoms with E-state index in [1.54, 1.807) is 4.90 Å². The molecule has 0 N–H and O–H groups in total. The quantitative estimate of drug-likeness (QED) is 0.330. The fourth-order valence-electron chi connectivity index (χ4n) is 3.85. The maximum Gasteiger partial charge on any atom is 0.258 e. The van der Waals surface area contributed by atoms with E-state index in [1.807, 2.05) is 96.7 Å². The minimum absolute atomic E-state index is 0.0376. The summed E-state index contributed by atoms with van der Waals surface area (Å²) in [5.74, 6) is -0.0376. The molecule has 0 atom stereocenters. The lowest BCUT2D eigenvalue weighted by atomic mass is 10.0. The van der Waals surface area contributed by atoms with Gasteiger partial charge in [-0.05, 0) is 36.2 Å². The van der Waals surface area contributed by atoms with Gasteiger partial charge in [0.1, 0.15) is 5.69 Å². The molecule has 32 heavy (non-hydrogen) atoms. The molecule has 162 valence electrons. The van der Waals surface area contributed by atoms with Crippen molar-refractivity contribution in [2.45, 2.75) is 26.3 Å². The first kappa shape index (κ1) is 21.8. The first-order chi connectivity index (χ1) is 15.6. The highest BCUT2D eigenvalue weighted by molar-refractivity contribution is 6.30. The Bertz CT molecular complexity index is 1190. The minimum atomic E-state index is -0.0376. The molecular weight excluding hydrogens is 418 g/mol. The first-order valence-corrected chi connectivity index (χ1v) is 11.2. The normalized spacial score (nSPS) is 10.8. The maximum atomic E-state index is 13.8. The Hall–Kier alpha value is -3.37. The summed E-state index contributed by atoms with van der Waals surface area (Å²) in [4.78, 5) is 15.5. The van der Waals surface area contributed by atoms with Crippen molar-refractivity contribution in [1.29, 1.82) is 0 Å². The topological polar surface area (TPSA) is 38.1 Å². The van der Waals surface area contributed by atoms with Crippen LogP contribution in [0.4, 0.5) is 0 Å². The van der Waals surface area contributed by atoms with Crippen molar-refractivity contribution >= 4 is 17.5 Å². The number of aromatic nitrogens is 2. The Morgan fingerprint density at radius 3 is 2.19 bits per heavy atom. The summed E-state index contributed by atoms with van der Waals surface area (Å²) in [6.45, 7) is 2.61. The SMILES string of the molecule is CCCc1c(C(=O)N(C)Cc2ccc(Cl)cc2)c(-c2ccccc2)nn1-c1ccccc1. The zero-order chi connectivity index (χ0) is 22.5. The molecule has 4 aromatic rings. The fraction of sp³-hybridized carbons (Fsp3) is 0.185. The van der Waals surface area contributed by atoms with Crippen LogP contribution in [0.25, 0.3) is 16.9 Å². The van der Waals surface area contributed by atoms with Crippen LogP contribution < -0.4 is 0 Å². The molecule has 3 aromatic carbocycles. The van der Waals surface area contributed by atoms with Gasteiger partial charge in [-0.15, -0.1) is 0 Å². The van der Waals surface area contributed by atoms with E-state index in [1.165, 1.54) is 0 Å². The van der Waals surface area contributed by atoms with Gasteiger partial charge in [-0.25, -0.2) is 4.68 Å². The van der Waals surface area contributed by atoms with Crippen LogP contribution in [0.15, 0.2) is 84.9 Å². The molecule has 1 amide bonds. The Kier molecular flexibility index (Phi) is 6.72. The van der Waals surface area contributed by atoms with Gasteiger partial charge in [0.25, 0.3) is 5.91 Å². The first-order valence-electron chi connectivity index (χ1n) is 10.8. The van der Waals surface area contributed by atoms with Crippen LogP contribution >= 0.6 is 11.6 Å². The van der Waals surface area contributed by atoms with Gasteiger partial charge in [-0.1, -0.05) is 85.6 Å². The Labute approximate surface area is 194 Å². The lowest BCUT2D eigenvalue weighted by molar-refractivity contribution is 0.0784. The van der Waals surface area contributed by atoms with Gasteiger partial charge in [0.05, 0.1) is 16.9 Å². The highest BCUT2D eigenvalue weighted by Crippen LogP contribution is 2.30. The second-order valence-corrected chi connectivity index (χ2v) is 8.26. The van der Waals surface area contributed by atoms with Crippen molar-refractivity contribution in [3.63, 3.8) is 0 Å². The zero-order valence-electron chi connectivity index (χ0n) is 18.3. The van der Waals surface area contributed by atoms with Crippen molar-refractivity contribution in [1.82, 2.24) is 14.7 Å². The summed E-state index contributed by atoms with van der Waals surface area (Å²) >= 11 is 6.02. The average Bonchev–Trinajstić information content (AvgIpc) is 3.20. The average molecular weight is 444 g/mol. The summed E-state index contributed by atoms with van der Waals surface area (Å²) in [6, 6.07) is 27.5. The molecule has 0 radical (unpaired) electrons. The number of rotatable bonds is 7. The number of benzene rings is 3. The van der Waals surface area contributed by atoms with E-state index >= 15 is 0 Å². The largest absolute Gasteiger partial charge is 0.337 e. The van der Waals surface area contributed by atoms with Crippen LogP contribution in [-0.2, 0) is 13.0 Å². The Morgan fingerprint density at radius 2 is 1.56 bits per heavy atom. The monoisotopic (exact) mass is 443 g/mol. The number of para-hydroxylation sites is 1. The van der Waals surface area contributed by atoms with Gasteiger partial charge in [0, 0.05) is 24.2 Å². The third kappa shape index (κ3) is 4.61. The second-order valence-electron chi connectivity index (χ2n) is 7.82. The van der Waals surface area contributed by atoms with Crippen LogP contribution in [0, 0.1) is 0 Å². The van der Waals surface area contributed by atoms with E-state index in [-0.39, 0.29) is 5.91 Å². The smallest absolute Gasteiger partial charge is 0.258 e. The van der Waals surface area contributed by atoms with Gasteiger partial charge in [-0.3, -0.25) is 4.79 Å². The van der Waals surface area contributed by atoms with Crippen LogP contribution in [0.5, 0.6) is 0 Å². The van der Waals surface area contributed by atoms with E-state index in [4.69, 9.17) is 16.7 Å². The molecule has 0 bridgehead atoms. The van der Waals surface area contributed by atoms with Crippen molar-refractivity contribution in [3.05, 3.63) is 107 Å². The van der Waals surface area contributed by atoms with Crippen LogP contribution in [0.3, 0.4) is 0 Å². The molecule has 0 aliphatic rings. The molecule has 0 aliphatic carbocycles. The molecular formula is C27H26ClN3O. The zero-order valence-corrected chi connectivity index (χ0v) is 19.1. The molecule has 4 rings (SSSR count). The molecule has 0 unspecified atom stereocenters. The van der Waals surface area contributed by atoms with Crippen molar-refractivity contribution < 1.29 is 4.79 Å². The summed E-state index contributed by atoms with van der Waals surface area (Å²) in [7, 11) is 1.83. The van der Waals surface area contributed by atoms with Gasteiger partial charge < -0.3 is 4.90 Å². The number of nitrogens with zero attached hydrogens (tertiary/aromatic N) is 3. The molecule has 1 heterocycles. The number of carbonyl (C=O) groups is 1. The molecule has 0 spiro atoms. The number of halogens is 1. The minimum Gasteiger partial charge on any atom is -0.337 e. The third-order valence-electron chi connectivity index (χ3n) is 5.41. The molecule has 0 saturated heterocycles. The van der Waals surface area contributed by atoms with E-state index in [0.29, 0.717) is 22.8 Å².